The molecule has 0 fully saturated rings. The van der Waals surface area contributed by atoms with Gasteiger partial charge in [-0.05, 0) is 36.3 Å². The highest BCUT2D eigenvalue weighted by Gasteiger charge is 2.14. The fraction of sp³-hybridized carbons (Fsp3) is 0.286. The number of rotatable bonds is 0. The summed E-state index contributed by atoms with van der Waals surface area (Å²) in [4.78, 5) is 0. The Morgan fingerprint density at radius 1 is 1.13 bits per heavy atom. The van der Waals surface area contributed by atoms with Crippen molar-refractivity contribution in [2.45, 2.75) is 19.8 Å². The molecule has 0 bridgehead atoms. The summed E-state index contributed by atoms with van der Waals surface area (Å²) in [5.41, 5.74) is 2.73. The summed E-state index contributed by atoms with van der Waals surface area (Å²) < 4.78 is 5.79. The van der Waals surface area contributed by atoms with Crippen LogP contribution in [0.4, 0.5) is 0 Å². The molecule has 0 unspecified atom stereocenters. The molecule has 1 aliphatic rings. The molecule has 1 heteroatoms. The number of hydrogen-bond acceptors (Lipinski definition) is 1. The van der Waals surface area contributed by atoms with E-state index in [4.69, 9.17) is 4.74 Å². The molecule has 0 saturated carbocycles. The minimum atomic E-state index is 0.861. The second-order valence-electron chi connectivity index (χ2n) is 4.18. The largest absolute Gasteiger partial charge is 0.493 e. The lowest BCUT2D eigenvalue weighted by Gasteiger charge is -2.20. The van der Waals surface area contributed by atoms with Gasteiger partial charge in [-0.25, -0.2) is 0 Å². The Kier molecular flexibility index (Phi) is 1.91. The third kappa shape index (κ3) is 1.30. The Hall–Kier alpha value is -1.50. The molecule has 2 aromatic rings. The molecule has 1 heterocycles. The van der Waals surface area contributed by atoms with Crippen molar-refractivity contribution in [2.24, 2.45) is 0 Å². The van der Waals surface area contributed by atoms with E-state index in [1.54, 1.807) is 0 Å². The van der Waals surface area contributed by atoms with Gasteiger partial charge < -0.3 is 4.74 Å². The van der Waals surface area contributed by atoms with Gasteiger partial charge >= 0.3 is 0 Å². The van der Waals surface area contributed by atoms with E-state index in [1.165, 1.54) is 21.9 Å². The zero-order valence-electron chi connectivity index (χ0n) is 8.92. The lowest BCUT2D eigenvalue weighted by atomic mass is 9.97. The van der Waals surface area contributed by atoms with Crippen LogP contribution in [0.1, 0.15) is 17.5 Å². The zero-order chi connectivity index (χ0) is 10.3. The molecule has 0 spiro atoms. The van der Waals surface area contributed by atoms with Crippen molar-refractivity contribution in [3.8, 4) is 5.75 Å². The van der Waals surface area contributed by atoms with Crippen LogP contribution in [0.5, 0.6) is 5.75 Å². The SMILES string of the molecule is Cc1cc2c(c3ccccc13)OCCC2. The molecule has 0 atom stereocenters. The minimum absolute atomic E-state index is 0.861. The molecule has 0 N–H and O–H groups in total. The van der Waals surface area contributed by atoms with Crippen LogP contribution >= 0.6 is 0 Å². The van der Waals surface area contributed by atoms with Gasteiger partial charge in [-0.15, -0.1) is 0 Å². The van der Waals surface area contributed by atoms with Gasteiger partial charge in [0.25, 0.3) is 0 Å². The van der Waals surface area contributed by atoms with E-state index in [1.807, 2.05) is 0 Å². The average Bonchev–Trinajstić information content (AvgIpc) is 2.30. The van der Waals surface area contributed by atoms with E-state index >= 15 is 0 Å². The summed E-state index contributed by atoms with van der Waals surface area (Å²) in [6, 6.07) is 10.8. The van der Waals surface area contributed by atoms with Crippen molar-refractivity contribution < 1.29 is 4.74 Å². The first-order chi connectivity index (χ1) is 7.36. The molecule has 15 heavy (non-hydrogen) atoms. The molecule has 0 aliphatic carbocycles. The van der Waals surface area contributed by atoms with Crippen molar-refractivity contribution >= 4 is 10.8 Å². The second kappa shape index (κ2) is 3.27. The number of ether oxygens (including phenoxy) is 1. The molecule has 1 aliphatic heterocycles. The highest BCUT2D eigenvalue weighted by molar-refractivity contribution is 5.92. The van der Waals surface area contributed by atoms with E-state index < -0.39 is 0 Å². The van der Waals surface area contributed by atoms with Crippen LogP contribution in [-0.4, -0.2) is 6.61 Å². The van der Waals surface area contributed by atoms with Crippen molar-refractivity contribution in [1.82, 2.24) is 0 Å². The first-order valence-electron chi connectivity index (χ1n) is 5.50. The maximum atomic E-state index is 5.79. The fourth-order valence-electron chi connectivity index (χ4n) is 2.40. The molecular weight excluding hydrogens is 184 g/mol. The van der Waals surface area contributed by atoms with E-state index in [9.17, 15) is 0 Å². The van der Waals surface area contributed by atoms with E-state index in [0.29, 0.717) is 0 Å². The first-order valence-corrected chi connectivity index (χ1v) is 5.50. The lowest BCUT2D eigenvalue weighted by molar-refractivity contribution is 0.292. The quantitative estimate of drug-likeness (QED) is 0.629. The van der Waals surface area contributed by atoms with Crippen LogP contribution in [0.2, 0.25) is 0 Å². The molecule has 0 amide bonds. The van der Waals surface area contributed by atoms with E-state index in [2.05, 4.69) is 37.3 Å². The van der Waals surface area contributed by atoms with Gasteiger partial charge in [-0.3, -0.25) is 0 Å². The Morgan fingerprint density at radius 2 is 1.93 bits per heavy atom. The van der Waals surface area contributed by atoms with Gasteiger partial charge in [0.15, 0.2) is 0 Å². The molecular formula is C14H14O. The monoisotopic (exact) mass is 198 g/mol. The normalized spacial score (nSPS) is 14.7. The molecule has 0 aromatic heterocycles. The van der Waals surface area contributed by atoms with Crippen LogP contribution in [-0.2, 0) is 6.42 Å². The van der Waals surface area contributed by atoms with Crippen LogP contribution in [0.3, 0.4) is 0 Å². The number of benzene rings is 2. The van der Waals surface area contributed by atoms with Crippen LogP contribution < -0.4 is 4.74 Å². The van der Waals surface area contributed by atoms with E-state index in [-0.39, 0.29) is 0 Å². The first kappa shape index (κ1) is 8.78. The summed E-state index contributed by atoms with van der Waals surface area (Å²) in [6.07, 6.45) is 2.30. The molecule has 76 valence electrons. The third-order valence-corrected chi connectivity index (χ3v) is 3.12. The van der Waals surface area contributed by atoms with E-state index in [0.717, 1.165) is 25.2 Å². The molecule has 1 nitrogen and oxygen atoms in total. The predicted octanol–water partition coefficient (Wildman–Crippen LogP) is 3.47. The topological polar surface area (TPSA) is 9.23 Å². The summed E-state index contributed by atoms with van der Waals surface area (Å²) >= 11 is 0. The number of hydrogen-bond donors (Lipinski definition) is 0. The van der Waals surface area contributed by atoms with Gasteiger partial charge in [0, 0.05) is 5.39 Å². The molecule has 0 radical (unpaired) electrons. The van der Waals surface area contributed by atoms with Gasteiger partial charge in [0.2, 0.25) is 0 Å². The number of aryl methyl sites for hydroxylation is 2. The zero-order valence-corrected chi connectivity index (χ0v) is 8.92. The van der Waals surface area contributed by atoms with Gasteiger partial charge in [-0.2, -0.15) is 0 Å². The summed E-state index contributed by atoms with van der Waals surface area (Å²) in [5.74, 6) is 1.11. The van der Waals surface area contributed by atoms with Gasteiger partial charge in [0.1, 0.15) is 5.75 Å². The number of fused-ring (bicyclic) bond motifs is 3. The maximum absolute atomic E-state index is 5.79. The van der Waals surface area contributed by atoms with Crippen molar-refractivity contribution in [3.63, 3.8) is 0 Å². The van der Waals surface area contributed by atoms with Crippen LogP contribution in [0.15, 0.2) is 30.3 Å². The smallest absolute Gasteiger partial charge is 0.130 e. The third-order valence-electron chi connectivity index (χ3n) is 3.12. The summed E-state index contributed by atoms with van der Waals surface area (Å²) in [6.45, 7) is 3.04. The second-order valence-corrected chi connectivity index (χ2v) is 4.18. The lowest BCUT2D eigenvalue weighted by Crippen LogP contribution is -2.09. The van der Waals surface area contributed by atoms with Crippen molar-refractivity contribution in [1.29, 1.82) is 0 Å². The Bertz CT molecular complexity index is 514. The predicted molar refractivity (Wildman–Crippen MR) is 62.5 cm³/mol. The highest BCUT2D eigenvalue weighted by Crippen LogP contribution is 2.35. The highest BCUT2D eigenvalue weighted by atomic mass is 16.5. The fourth-order valence-corrected chi connectivity index (χ4v) is 2.40. The minimum Gasteiger partial charge on any atom is -0.493 e. The Morgan fingerprint density at radius 3 is 2.80 bits per heavy atom. The van der Waals surface area contributed by atoms with Crippen LogP contribution in [0.25, 0.3) is 10.8 Å². The molecule has 2 aromatic carbocycles. The van der Waals surface area contributed by atoms with Gasteiger partial charge in [0.05, 0.1) is 6.61 Å². The molecule has 0 saturated heterocycles. The average molecular weight is 198 g/mol. The van der Waals surface area contributed by atoms with Crippen LogP contribution in [0, 0.1) is 6.92 Å². The summed E-state index contributed by atoms with van der Waals surface area (Å²) in [7, 11) is 0. The van der Waals surface area contributed by atoms with Crippen molar-refractivity contribution in [3.05, 3.63) is 41.5 Å². The van der Waals surface area contributed by atoms with Gasteiger partial charge in [-0.1, -0.05) is 30.3 Å². The Balaban J connectivity index is 2.39. The summed E-state index contributed by atoms with van der Waals surface area (Å²) in [5, 5.41) is 2.59. The standard InChI is InChI=1S/C14H14O/c1-10-9-11-5-4-8-15-14(11)13-7-3-2-6-12(10)13/h2-3,6-7,9H,4-5,8H2,1H3. The Labute approximate surface area is 89.7 Å². The molecule has 3 rings (SSSR count). The maximum Gasteiger partial charge on any atom is 0.130 e. The van der Waals surface area contributed by atoms with Crippen molar-refractivity contribution in [2.75, 3.05) is 6.61 Å².